The summed E-state index contributed by atoms with van der Waals surface area (Å²) >= 11 is 0. The molecule has 5 heteroatoms. The lowest BCUT2D eigenvalue weighted by Gasteiger charge is -2.16. The molecular weight excluding hydrogens is 236 g/mol. The summed E-state index contributed by atoms with van der Waals surface area (Å²) < 4.78 is 26.5. The molecule has 17 heavy (non-hydrogen) atoms. The van der Waals surface area contributed by atoms with E-state index in [4.69, 9.17) is 5.73 Å². The van der Waals surface area contributed by atoms with Crippen molar-refractivity contribution in [2.45, 2.75) is 19.6 Å². The van der Waals surface area contributed by atoms with Crippen LogP contribution < -0.4 is 5.73 Å². The van der Waals surface area contributed by atoms with Gasteiger partial charge in [-0.25, -0.2) is 8.42 Å². The Morgan fingerprint density at radius 3 is 2.76 bits per heavy atom. The fourth-order valence-electron chi connectivity index (χ4n) is 1.91. The van der Waals surface area contributed by atoms with Crippen molar-refractivity contribution in [2.75, 3.05) is 0 Å². The molecule has 1 aromatic carbocycles. The molecule has 90 valence electrons. The minimum Gasteiger partial charge on any atom is -0.383 e. The first kappa shape index (κ1) is 11.9. The first-order valence-corrected chi connectivity index (χ1v) is 6.85. The zero-order chi connectivity index (χ0) is 12.6. The Morgan fingerprint density at radius 2 is 2.12 bits per heavy atom. The molecule has 0 aliphatic carbocycles. The molecule has 0 aromatic heterocycles. The van der Waals surface area contributed by atoms with Gasteiger partial charge < -0.3 is 5.73 Å². The van der Waals surface area contributed by atoms with Crippen LogP contribution in [-0.2, 0) is 15.8 Å². The van der Waals surface area contributed by atoms with Gasteiger partial charge in [0.2, 0.25) is 0 Å². The van der Waals surface area contributed by atoms with Crippen LogP contribution in [0.2, 0.25) is 0 Å². The van der Waals surface area contributed by atoms with Crippen LogP contribution in [0.25, 0.3) is 6.08 Å². The van der Waals surface area contributed by atoms with Gasteiger partial charge in [-0.15, -0.1) is 4.40 Å². The van der Waals surface area contributed by atoms with Crippen molar-refractivity contribution in [2.24, 2.45) is 10.1 Å². The summed E-state index contributed by atoms with van der Waals surface area (Å²) in [6.07, 6.45) is 1.97. The molecule has 4 nitrogen and oxygen atoms in total. The summed E-state index contributed by atoms with van der Waals surface area (Å²) in [5.41, 5.74) is 9.23. The van der Waals surface area contributed by atoms with E-state index < -0.39 is 10.0 Å². The number of rotatable bonds is 1. The molecule has 1 aliphatic rings. The van der Waals surface area contributed by atoms with E-state index in [-0.39, 0.29) is 11.6 Å². The van der Waals surface area contributed by atoms with E-state index in [9.17, 15) is 8.42 Å². The fraction of sp³-hybridized carbons (Fsp3) is 0.250. The van der Waals surface area contributed by atoms with Gasteiger partial charge in [0.25, 0.3) is 10.0 Å². The summed E-state index contributed by atoms with van der Waals surface area (Å²) in [6, 6.07) is 5.52. The lowest BCUT2D eigenvalue weighted by atomic mass is 9.99. The van der Waals surface area contributed by atoms with E-state index >= 15 is 0 Å². The highest BCUT2D eigenvalue weighted by Crippen LogP contribution is 2.24. The molecule has 1 aliphatic heterocycles. The molecular formula is C12H14N2O2S. The van der Waals surface area contributed by atoms with E-state index in [0.29, 0.717) is 5.56 Å². The van der Waals surface area contributed by atoms with Crippen LogP contribution in [0.3, 0.4) is 0 Å². The predicted octanol–water partition coefficient (Wildman–Crippen LogP) is 1.66. The second kappa shape index (κ2) is 4.00. The van der Waals surface area contributed by atoms with E-state index in [1.165, 1.54) is 0 Å². The molecule has 0 spiro atoms. The standard InChI is InChI=1S/C12H14N2O2S/c1-8(2)6-9-4-3-5-10-7-17(15,16)14-12(13)11(9)10/h3-6H,7H2,1-2H3,(H2,13,14). The largest absolute Gasteiger partial charge is 0.383 e. The van der Waals surface area contributed by atoms with Crippen molar-refractivity contribution >= 4 is 21.9 Å². The maximum Gasteiger partial charge on any atom is 0.259 e. The van der Waals surface area contributed by atoms with E-state index in [1.54, 1.807) is 6.07 Å². The quantitative estimate of drug-likeness (QED) is 0.823. The molecule has 0 saturated heterocycles. The Hall–Kier alpha value is -1.62. The lowest BCUT2D eigenvalue weighted by Crippen LogP contribution is -2.24. The van der Waals surface area contributed by atoms with Crippen molar-refractivity contribution in [3.05, 3.63) is 40.5 Å². The average Bonchev–Trinajstić information content (AvgIpc) is 2.13. The maximum atomic E-state index is 11.5. The zero-order valence-corrected chi connectivity index (χ0v) is 10.6. The third-order valence-electron chi connectivity index (χ3n) is 2.46. The number of hydrogen-bond acceptors (Lipinski definition) is 3. The van der Waals surface area contributed by atoms with Crippen LogP contribution >= 0.6 is 0 Å². The number of sulfonamides is 1. The molecule has 0 amide bonds. The highest BCUT2D eigenvalue weighted by atomic mass is 32.2. The Labute approximate surface area is 101 Å². The Bertz CT molecular complexity index is 624. The summed E-state index contributed by atoms with van der Waals surface area (Å²) in [7, 11) is -3.45. The van der Waals surface area contributed by atoms with Crippen molar-refractivity contribution in [3.63, 3.8) is 0 Å². The average molecular weight is 250 g/mol. The zero-order valence-electron chi connectivity index (χ0n) is 9.77. The first-order valence-electron chi connectivity index (χ1n) is 5.24. The minimum atomic E-state index is -3.45. The summed E-state index contributed by atoms with van der Waals surface area (Å²) in [5, 5.41) is 0. The fourth-order valence-corrected chi connectivity index (χ4v) is 3.00. The van der Waals surface area contributed by atoms with Gasteiger partial charge in [0.1, 0.15) is 5.84 Å². The highest BCUT2D eigenvalue weighted by molar-refractivity contribution is 7.89. The number of nitrogens with zero attached hydrogens (tertiary/aromatic N) is 1. The topological polar surface area (TPSA) is 72.5 Å². The molecule has 0 radical (unpaired) electrons. The van der Waals surface area contributed by atoms with Crippen LogP contribution in [0.4, 0.5) is 0 Å². The van der Waals surface area contributed by atoms with Gasteiger partial charge in [-0.1, -0.05) is 29.8 Å². The molecule has 1 aromatic rings. The van der Waals surface area contributed by atoms with Crippen molar-refractivity contribution < 1.29 is 8.42 Å². The number of fused-ring (bicyclic) bond motifs is 1. The second-order valence-electron chi connectivity index (χ2n) is 4.31. The van der Waals surface area contributed by atoms with Gasteiger partial charge in [-0.3, -0.25) is 0 Å². The Kier molecular flexibility index (Phi) is 2.79. The smallest absolute Gasteiger partial charge is 0.259 e. The SMILES string of the molecule is CC(C)=Cc1cccc2c1C(N)=NS(=O)(=O)C2. The molecule has 0 atom stereocenters. The number of amidine groups is 1. The molecule has 0 fully saturated rings. The van der Waals surface area contributed by atoms with E-state index in [2.05, 4.69) is 4.40 Å². The molecule has 2 rings (SSSR count). The highest BCUT2D eigenvalue weighted by Gasteiger charge is 2.23. The van der Waals surface area contributed by atoms with Crippen molar-refractivity contribution in [1.29, 1.82) is 0 Å². The van der Waals surface area contributed by atoms with Gasteiger partial charge in [0.05, 0.1) is 5.75 Å². The third kappa shape index (κ3) is 2.39. The summed E-state index contributed by atoms with van der Waals surface area (Å²) in [5.74, 6) is 0.00681. The first-order chi connectivity index (χ1) is 7.89. The van der Waals surface area contributed by atoms with Crippen LogP contribution in [0.1, 0.15) is 30.5 Å². The Balaban J connectivity index is 2.69. The van der Waals surface area contributed by atoms with Gasteiger partial charge in [0.15, 0.2) is 0 Å². The second-order valence-corrected chi connectivity index (χ2v) is 5.94. The van der Waals surface area contributed by atoms with Gasteiger partial charge in [-0.2, -0.15) is 0 Å². The predicted molar refractivity (Wildman–Crippen MR) is 69.1 cm³/mol. The summed E-state index contributed by atoms with van der Waals surface area (Å²) in [6.45, 7) is 3.96. The lowest BCUT2D eigenvalue weighted by molar-refractivity contribution is 0.596. The number of nitrogens with two attached hydrogens (primary N) is 1. The summed E-state index contributed by atoms with van der Waals surface area (Å²) in [4.78, 5) is 0. The normalized spacial score (nSPS) is 16.9. The maximum absolute atomic E-state index is 11.5. The van der Waals surface area contributed by atoms with Crippen LogP contribution in [0.15, 0.2) is 28.2 Å². The van der Waals surface area contributed by atoms with Gasteiger partial charge in [-0.05, 0) is 25.0 Å². The number of allylic oxidation sites excluding steroid dienone is 1. The van der Waals surface area contributed by atoms with Crippen LogP contribution in [0, 0.1) is 0 Å². The third-order valence-corrected chi connectivity index (χ3v) is 3.61. The van der Waals surface area contributed by atoms with Crippen molar-refractivity contribution in [1.82, 2.24) is 0 Å². The minimum absolute atomic E-state index is 0.0759. The number of hydrogen-bond donors (Lipinski definition) is 1. The van der Waals surface area contributed by atoms with E-state index in [0.717, 1.165) is 16.7 Å². The monoisotopic (exact) mass is 250 g/mol. The molecule has 0 bridgehead atoms. The van der Waals surface area contributed by atoms with Crippen molar-refractivity contribution in [3.8, 4) is 0 Å². The number of benzene rings is 1. The molecule has 1 heterocycles. The van der Waals surface area contributed by atoms with Gasteiger partial charge >= 0.3 is 0 Å². The van der Waals surface area contributed by atoms with E-state index in [1.807, 2.05) is 32.1 Å². The molecule has 2 N–H and O–H groups in total. The Morgan fingerprint density at radius 1 is 1.41 bits per heavy atom. The van der Waals surface area contributed by atoms with Gasteiger partial charge in [0, 0.05) is 5.56 Å². The molecule has 0 unspecified atom stereocenters. The van der Waals surface area contributed by atoms with Crippen LogP contribution in [-0.4, -0.2) is 14.3 Å². The van der Waals surface area contributed by atoms with Crippen LogP contribution in [0.5, 0.6) is 0 Å². The molecule has 0 saturated carbocycles.